The molecule has 6 aromatic rings. The van der Waals surface area contributed by atoms with Gasteiger partial charge in [-0.2, -0.15) is 0 Å². The zero-order chi connectivity index (χ0) is 33.2. The molecule has 6 heteroatoms. The van der Waals surface area contributed by atoms with Crippen LogP contribution in [0.3, 0.4) is 0 Å². The predicted octanol–water partition coefficient (Wildman–Crippen LogP) is 10.3. The van der Waals surface area contributed by atoms with E-state index in [9.17, 15) is 0 Å². The van der Waals surface area contributed by atoms with Crippen LogP contribution in [0.15, 0.2) is 77.5 Å². The molecule has 0 atom stereocenters. The fourth-order valence-electron chi connectivity index (χ4n) is 5.86. The first-order valence-corrected chi connectivity index (χ1v) is 19.8. The van der Waals surface area contributed by atoms with Crippen molar-refractivity contribution in [1.29, 1.82) is 0 Å². The molecule has 0 aliphatic carbocycles. The Balaban J connectivity index is 0.000000212. The van der Waals surface area contributed by atoms with Crippen molar-refractivity contribution in [3.63, 3.8) is 0 Å². The average molecular weight is 818 g/mol. The van der Waals surface area contributed by atoms with E-state index < -0.39 is 8.07 Å². The average Bonchev–Trinajstić information content (AvgIpc) is 3.35. The van der Waals surface area contributed by atoms with Crippen LogP contribution in [0.2, 0.25) is 19.6 Å². The molecule has 0 unspecified atom stereocenters. The van der Waals surface area contributed by atoms with Crippen molar-refractivity contribution >= 4 is 35.3 Å². The molecular formula is C41H47IrN3OSi-2. The maximum atomic E-state index is 6.09. The summed E-state index contributed by atoms with van der Waals surface area (Å²) in [5, 5.41) is 3.58. The van der Waals surface area contributed by atoms with Gasteiger partial charge >= 0.3 is 0 Å². The Morgan fingerprint density at radius 3 is 2.21 bits per heavy atom. The number of benzene rings is 2. The number of aryl methyl sites for hydroxylation is 2. The summed E-state index contributed by atoms with van der Waals surface area (Å²) in [6, 6.07) is 27.2. The number of aromatic nitrogens is 3. The van der Waals surface area contributed by atoms with Crippen LogP contribution < -0.4 is 5.19 Å². The molecule has 6 rings (SSSR count). The van der Waals surface area contributed by atoms with Gasteiger partial charge in [0, 0.05) is 43.6 Å². The molecule has 47 heavy (non-hydrogen) atoms. The van der Waals surface area contributed by atoms with Gasteiger partial charge in [0.15, 0.2) is 0 Å². The van der Waals surface area contributed by atoms with Crippen LogP contribution in [0.5, 0.6) is 0 Å². The van der Waals surface area contributed by atoms with Crippen LogP contribution in [-0.2, 0) is 32.9 Å². The molecular weight excluding hydrogens is 771 g/mol. The van der Waals surface area contributed by atoms with Gasteiger partial charge in [0.2, 0.25) is 5.71 Å². The summed E-state index contributed by atoms with van der Waals surface area (Å²) in [7, 11) is -1.37. The first-order chi connectivity index (χ1) is 21.7. The van der Waals surface area contributed by atoms with E-state index in [-0.39, 0.29) is 25.5 Å². The molecule has 0 bridgehead atoms. The summed E-state index contributed by atoms with van der Waals surface area (Å²) in [6.07, 6.45) is 6.20. The summed E-state index contributed by atoms with van der Waals surface area (Å²) in [6.45, 7) is 22.6. The van der Waals surface area contributed by atoms with Gasteiger partial charge < -0.3 is 14.4 Å². The molecule has 4 heterocycles. The molecule has 4 aromatic heterocycles. The summed E-state index contributed by atoms with van der Waals surface area (Å²) in [4.78, 5) is 13.9. The van der Waals surface area contributed by atoms with Crippen molar-refractivity contribution < 1.29 is 24.5 Å². The maximum Gasteiger partial charge on any atom is 0.216 e. The van der Waals surface area contributed by atoms with E-state index in [0.717, 1.165) is 57.4 Å². The van der Waals surface area contributed by atoms with Crippen LogP contribution in [0.25, 0.3) is 44.6 Å². The topological polar surface area (TPSA) is 51.8 Å². The van der Waals surface area contributed by atoms with E-state index in [0.29, 0.717) is 11.6 Å². The van der Waals surface area contributed by atoms with Crippen LogP contribution in [0.4, 0.5) is 0 Å². The molecule has 2 aromatic carbocycles. The summed E-state index contributed by atoms with van der Waals surface area (Å²) in [5.41, 5.74) is 10.7. The Morgan fingerprint density at radius 1 is 0.830 bits per heavy atom. The molecule has 0 aliphatic heterocycles. The number of fused-ring (bicyclic) bond motifs is 3. The number of nitrogens with zero attached hydrogens (tertiary/aromatic N) is 3. The van der Waals surface area contributed by atoms with Gasteiger partial charge in [0.25, 0.3) is 0 Å². The van der Waals surface area contributed by atoms with Crippen LogP contribution in [0.1, 0.15) is 57.0 Å². The molecule has 4 nitrogen and oxygen atoms in total. The predicted molar refractivity (Wildman–Crippen MR) is 196 cm³/mol. The summed E-state index contributed by atoms with van der Waals surface area (Å²) in [5.74, 6) is 0.604. The number of pyridine rings is 3. The van der Waals surface area contributed by atoms with Crippen molar-refractivity contribution in [2.45, 2.75) is 80.9 Å². The van der Waals surface area contributed by atoms with E-state index in [1.165, 1.54) is 21.9 Å². The van der Waals surface area contributed by atoms with Gasteiger partial charge in [-0.15, -0.1) is 54.1 Å². The van der Waals surface area contributed by atoms with Crippen LogP contribution >= 0.6 is 0 Å². The Kier molecular flexibility index (Phi) is 11.4. The monoisotopic (exact) mass is 818 g/mol. The zero-order valence-electron chi connectivity index (χ0n) is 29.5. The quantitative estimate of drug-likeness (QED) is 0.124. The molecule has 0 N–H and O–H groups in total. The molecule has 0 saturated heterocycles. The fourth-order valence-corrected chi connectivity index (χ4v) is 7.43. The van der Waals surface area contributed by atoms with Gasteiger partial charge in [-0.3, -0.25) is 0 Å². The third-order valence-electron chi connectivity index (χ3n) is 8.04. The number of furan rings is 1. The van der Waals surface area contributed by atoms with Crippen LogP contribution in [0, 0.1) is 37.3 Å². The van der Waals surface area contributed by atoms with Gasteiger partial charge in [-0.25, -0.2) is 4.98 Å². The Hall–Kier alpha value is -3.44. The number of rotatable bonds is 6. The molecule has 0 aliphatic rings. The van der Waals surface area contributed by atoms with Crippen LogP contribution in [-0.4, -0.2) is 23.0 Å². The second kappa shape index (κ2) is 14.8. The second-order valence-electron chi connectivity index (χ2n) is 15.1. The largest absolute Gasteiger partial charge is 0.486 e. The van der Waals surface area contributed by atoms with Gasteiger partial charge in [-0.1, -0.05) is 88.5 Å². The molecule has 0 saturated carbocycles. The SMILES string of the molecule is CC(C)(C)Cc1cc(-c2[c-]cccc2)ncc1[Si](C)(C)C.Cc1ccc2c(n1)oc1c(-c3cc(CC(C)C)c(C)cn3)[c-]ccc12.[Ir]. The van der Waals surface area contributed by atoms with Crippen molar-refractivity contribution in [2.75, 3.05) is 0 Å². The minimum Gasteiger partial charge on any atom is -0.486 e. The Morgan fingerprint density at radius 2 is 1.55 bits per heavy atom. The first-order valence-electron chi connectivity index (χ1n) is 16.3. The van der Waals surface area contributed by atoms with E-state index in [1.54, 1.807) is 0 Å². The number of hydrogen-bond acceptors (Lipinski definition) is 4. The summed E-state index contributed by atoms with van der Waals surface area (Å²) >= 11 is 0. The first kappa shape index (κ1) is 36.4. The fraction of sp³-hybridized carbons (Fsp3) is 0.341. The molecule has 0 fully saturated rings. The van der Waals surface area contributed by atoms with Crippen molar-refractivity contribution in [2.24, 2.45) is 11.3 Å². The van der Waals surface area contributed by atoms with E-state index >= 15 is 0 Å². The third kappa shape index (κ3) is 8.93. The minimum absolute atomic E-state index is 0. The smallest absolute Gasteiger partial charge is 0.216 e. The molecule has 0 spiro atoms. The molecule has 0 amide bonds. The van der Waals surface area contributed by atoms with E-state index in [4.69, 9.17) is 9.40 Å². The van der Waals surface area contributed by atoms with Gasteiger partial charge in [0.1, 0.15) is 0 Å². The normalized spacial score (nSPS) is 11.8. The second-order valence-corrected chi connectivity index (χ2v) is 20.1. The van der Waals surface area contributed by atoms with Gasteiger partial charge in [-0.05, 0) is 72.3 Å². The standard InChI is InChI=1S/C22H21N2O.C19H26NSi.Ir/c1-13(2)10-16-11-20(23-12-14(16)3)19-7-5-6-17-18-9-8-15(4)24-22(18)25-21(17)19;1-19(2,3)13-16-12-17(15-10-8-7-9-11-15)20-14-18(16)21(4,5)6;/h5-6,8-9,11-13H,10H2,1-4H3;7-10,12,14H,13H2,1-6H3;/q2*-1;. The van der Waals surface area contributed by atoms with Gasteiger partial charge in [0.05, 0.1) is 13.7 Å². The van der Waals surface area contributed by atoms with Crippen molar-refractivity contribution in [1.82, 2.24) is 15.0 Å². The Bertz CT molecular complexity index is 1970. The zero-order valence-corrected chi connectivity index (χ0v) is 32.9. The third-order valence-corrected chi connectivity index (χ3v) is 10.1. The van der Waals surface area contributed by atoms with E-state index in [1.807, 2.05) is 49.5 Å². The van der Waals surface area contributed by atoms with E-state index in [2.05, 4.69) is 114 Å². The molecule has 247 valence electrons. The summed E-state index contributed by atoms with van der Waals surface area (Å²) < 4.78 is 6.09. The maximum absolute atomic E-state index is 6.09. The Labute approximate surface area is 295 Å². The van der Waals surface area contributed by atoms with Crippen molar-refractivity contribution in [3.05, 3.63) is 108 Å². The minimum atomic E-state index is -1.37. The van der Waals surface area contributed by atoms with Crippen molar-refractivity contribution in [3.8, 4) is 22.5 Å². The molecule has 1 radical (unpaired) electrons. The number of hydrogen-bond donors (Lipinski definition) is 0.